The zero-order chi connectivity index (χ0) is 19.0. The van der Waals surface area contributed by atoms with Crippen LogP contribution in [0.3, 0.4) is 0 Å². The lowest BCUT2D eigenvalue weighted by atomic mass is 9.96. The third-order valence-corrected chi connectivity index (χ3v) is 6.36. The lowest BCUT2D eigenvalue weighted by Crippen LogP contribution is -2.36. The maximum Gasteiger partial charge on any atom is 0.297 e. The van der Waals surface area contributed by atoms with Gasteiger partial charge in [-0.25, -0.2) is 13.1 Å². The highest BCUT2D eigenvalue weighted by Gasteiger charge is 2.30. The molecule has 0 bridgehead atoms. The van der Waals surface area contributed by atoms with Gasteiger partial charge >= 0.3 is 0 Å². The van der Waals surface area contributed by atoms with Crippen LogP contribution in [-0.4, -0.2) is 19.4 Å². The van der Waals surface area contributed by atoms with Gasteiger partial charge in [-0.05, 0) is 25.0 Å². The fraction of sp³-hybridized carbons (Fsp3) is 0.333. The third-order valence-electron chi connectivity index (χ3n) is 4.86. The number of fused-ring (bicyclic) bond motifs is 2. The summed E-state index contributed by atoms with van der Waals surface area (Å²) >= 11 is 0. The minimum absolute atomic E-state index is 0.118. The minimum atomic E-state index is -3.89. The summed E-state index contributed by atoms with van der Waals surface area (Å²) in [4.78, 5) is 10.8. The summed E-state index contributed by atoms with van der Waals surface area (Å²) in [7, 11) is -3.89. The molecule has 142 valence electrons. The molecular weight excluding hydrogens is 370 g/mol. The van der Waals surface area contributed by atoms with Crippen LogP contribution < -0.4 is 14.8 Å². The van der Waals surface area contributed by atoms with Gasteiger partial charge in [-0.2, -0.15) is 0 Å². The van der Waals surface area contributed by atoms with Crippen LogP contribution in [0, 0.1) is 10.1 Å². The second kappa shape index (κ2) is 6.82. The number of benzene rings is 2. The number of nitrogens with zero attached hydrogens (tertiary/aromatic N) is 1. The van der Waals surface area contributed by atoms with Crippen LogP contribution in [0.25, 0.3) is 0 Å². The summed E-state index contributed by atoms with van der Waals surface area (Å²) in [6.07, 6.45) is 4.60. The molecule has 2 N–H and O–H groups in total. The van der Waals surface area contributed by atoms with E-state index < -0.39 is 14.9 Å². The van der Waals surface area contributed by atoms with Gasteiger partial charge in [0.15, 0.2) is 17.2 Å². The molecule has 27 heavy (non-hydrogen) atoms. The smallest absolute Gasteiger partial charge is 0.297 e. The molecule has 1 fully saturated rings. The molecule has 0 radical (unpaired) electrons. The number of nitrogens with one attached hydrogen (secondary N) is 2. The van der Waals surface area contributed by atoms with Crippen molar-refractivity contribution in [3.8, 4) is 11.5 Å². The van der Waals surface area contributed by atoms with Gasteiger partial charge in [0.25, 0.3) is 5.69 Å². The van der Waals surface area contributed by atoms with Crippen LogP contribution in [0.15, 0.2) is 41.3 Å². The largest absolute Gasteiger partial charge is 0.453 e. The molecule has 0 amide bonds. The first-order valence-corrected chi connectivity index (χ1v) is 10.3. The summed E-state index contributed by atoms with van der Waals surface area (Å²) in [6.45, 7) is 0. The van der Waals surface area contributed by atoms with Crippen LogP contribution in [0.4, 0.5) is 17.1 Å². The molecule has 1 aliphatic carbocycles. The summed E-state index contributed by atoms with van der Waals surface area (Å²) in [6, 6.07) is 9.25. The fourth-order valence-corrected chi connectivity index (χ4v) is 4.84. The van der Waals surface area contributed by atoms with E-state index in [4.69, 9.17) is 4.74 Å². The summed E-state index contributed by atoms with van der Waals surface area (Å²) in [5, 5.41) is 14.5. The lowest BCUT2D eigenvalue weighted by Gasteiger charge is -2.24. The Balaban J connectivity index is 1.73. The fourth-order valence-electron chi connectivity index (χ4n) is 3.50. The van der Waals surface area contributed by atoms with Gasteiger partial charge in [-0.3, -0.25) is 10.1 Å². The molecule has 8 nitrogen and oxygen atoms in total. The van der Waals surface area contributed by atoms with Gasteiger partial charge in [0, 0.05) is 18.2 Å². The first-order chi connectivity index (χ1) is 12.9. The molecule has 9 heteroatoms. The topological polar surface area (TPSA) is 111 Å². The third kappa shape index (κ3) is 3.47. The van der Waals surface area contributed by atoms with Gasteiger partial charge in [0.1, 0.15) is 0 Å². The zero-order valence-electron chi connectivity index (χ0n) is 14.5. The van der Waals surface area contributed by atoms with Crippen molar-refractivity contribution in [2.24, 2.45) is 0 Å². The first-order valence-electron chi connectivity index (χ1n) is 8.83. The Labute approximate surface area is 156 Å². The molecule has 0 atom stereocenters. The number of rotatable bonds is 4. The molecule has 2 aromatic carbocycles. The highest BCUT2D eigenvalue weighted by atomic mass is 32.2. The van der Waals surface area contributed by atoms with Gasteiger partial charge in [0.2, 0.25) is 10.0 Å². The maximum absolute atomic E-state index is 12.8. The molecule has 1 saturated carbocycles. The normalized spacial score (nSPS) is 16.6. The van der Waals surface area contributed by atoms with E-state index in [9.17, 15) is 18.5 Å². The number of nitro benzene ring substituents is 1. The average molecular weight is 389 g/mol. The highest BCUT2D eigenvalue weighted by Crippen LogP contribution is 2.47. The molecule has 0 aromatic heterocycles. The summed E-state index contributed by atoms with van der Waals surface area (Å²) in [5.74, 6) is 0.598. The first kappa shape index (κ1) is 17.7. The van der Waals surface area contributed by atoms with Crippen LogP contribution in [-0.2, 0) is 10.0 Å². The van der Waals surface area contributed by atoms with Crippen LogP contribution in [0.2, 0.25) is 0 Å². The molecular formula is C18H19N3O5S. The molecule has 4 rings (SSSR count). The van der Waals surface area contributed by atoms with E-state index in [2.05, 4.69) is 10.0 Å². The van der Waals surface area contributed by atoms with E-state index >= 15 is 0 Å². The van der Waals surface area contributed by atoms with Crippen molar-refractivity contribution in [3.05, 3.63) is 46.5 Å². The number of para-hydroxylation sites is 2. The molecule has 1 aliphatic heterocycles. The maximum atomic E-state index is 12.8. The van der Waals surface area contributed by atoms with Crippen molar-refractivity contribution >= 4 is 27.1 Å². The van der Waals surface area contributed by atoms with Crippen molar-refractivity contribution in [3.63, 3.8) is 0 Å². The Bertz CT molecular complexity index is 1000. The SMILES string of the molecule is O=[N+]([O-])c1cc(S(=O)(=O)NC2CCCCC2)cc2c1Nc1ccccc1O2. The molecule has 0 unspecified atom stereocenters. The number of hydrogen-bond acceptors (Lipinski definition) is 6. The van der Waals surface area contributed by atoms with E-state index in [0.717, 1.165) is 38.2 Å². The predicted molar refractivity (Wildman–Crippen MR) is 100 cm³/mol. The van der Waals surface area contributed by atoms with Gasteiger partial charge < -0.3 is 10.1 Å². The number of ether oxygens (including phenoxy) is 1. The number of anilines is 2. The van der Waals surface area contributed by atoms with Crippen molar-refractivity contribution in [2.75, 3.05) is 5.32 Å². The van der Waals surface area contributed by atoms with E-state index in [1.54, 1.807) is 24.3 Å². The Hall–Kier alpha value is -2.65. The van der Waals surface area contributed by atoms with Crippen molar-refractivity contribution in [1.29, 1.82) is 0 Å². The van der Waals surface area contributed by atoms with E-state index in [-0.39, 0.29) is 28.1 Å². The van der Waals surface area contributed by atoms with Crippen LogP contribution in [0.1, 0.15) is 32.1 Å². The monoisotopic (exact) mass is 389 g/mol. The van der Waals surface area contributed by atoms with Crippen LogP contribution in [0.5, 0.6) is 11.5 Å². The Kier molecular flexibility index (Phi) is 4.48. The molecule has 0 saturated heterocycles. The second-order valence-corrected chi connectivity index (χ2v) is 8.47. The number of nitro groups is 1. The van der Waals surface area contributed by atoms with Gasteiger partial charge in [-0.1, -0.05) is 31.4 Å². The quantitative estimate of drug-likeness (QED) is 0.514. The highest BCUT2D eigenvalue weighted by molar-refractivity contribution is 7.89. The van der Waals surface area contributed by atoms with Crippen LogP contribution >= 0.6 is 0 Å². The van der Waals surface area contributed by atoms with E-state index in [1.165, 1.54) is 6.07 Å². The number of sulfonamides is 1. The van der Waals surface area contributed by atoms with Crippen molar-refractivity contribution < 1.29 is 18.1 Å². The van der Waals surface area contributed by atoms with Crippen molar-refractivity contribution in [2.45, 2.75) is 43.0 Å². The average Bonchev–Trinajstić information content (AvgIpc) is 2.65. The molecule has 1 heterocycles. The summed E-state index contributed by atoms with van der Waals surface area (Å²) < 4.78 is 34.0. The lowest BCUT2D eigenvalue weighted by molar-refractivity contribution is -0.384. The van der Waals surface area contributed by atoms with Crippen molar-refractivity contribution in [1.82, 2.24) is 4.72 Å². The molecule has 2 aliphatic rings. The Morgan fingerprint density at radius 3 is 2.59 bits per heavy atom. The van der Waals surface area contributed by atoms with Gasteiger partial charge in [-0.15, -0.1) is 0 Å². The zero-order valence-corrected chi connectivity index (χ0v) is 15.3. The van der Waals surface area contributed by atoms with Gasteiger partial charge in [0.05, 0.1) is 15.5 Å². The van der Waals surface area contributed by atoms with E-state index in [1.807, 2.05) is 0 Å². The predicted octanol–water partition coefficient (Wildman–Crippen LogP) is 4.06. The standard InChI is InChI=1S/C18H19N3O5S/c22-21(23)15-10-13(27(24,25)20-12-6-2-1-3-7-12)11-17-18(15)19-14-8-4-5-9-16(14)26-17/h4-5,8-12,19-20H,1-3,6-7H2. The molecule has 2 aromatic rings. The second-order valence-electron chi connectivity index (χ2n) is 6.75. The summed E-state index contributed by atoms with van der Waals surface area (Å²) in [5.41, 5.74) is 0.394. The Morgan fingerprint density at radius 1 is 1.11 bits per heavy atom. The number of hydrogen-bond donors (Lipinski definition) is 2. The van der Waals surface area contributed by atoms with E-state index in [0.29, 0.717) is 11.4 Å². The molecule has 0 spiro atoms. The minimum Gasteiger partial charge on any atom is -0.453 e. The Morgan fingerprint density at radius 2 is 1.85 bits per heavy atom.